The molecular weight excluding hydrogens is 321 g/mol. The second-order valence-electron chi connectivity index (χ2n) is 7.08. The fourth-order valence-electron chi connectivity index (χ4n) is 3.60. The van der Waals surface area contributed by atoms with Crippen molar-refractivity contribution in [3.05, 3.63) is 41.6 Å². The van der Waals surface area contributed by atoms with Crippen LogP contribution in [0.3, 0.4) is 0 Å². The number of aryl methyl sites for hydroxylation is 1. The summed E-state index contributed by atoms with van der Waals surface area (Å²) in [7, 11) is 0. The second kappa shape index (κ2) is 5.49. The molecule has 25 heavy (non-hydrogen) atoms. The Morgan fingerprint density at radius 3 is 2.84 bits per heavy atom. The highest BCUT2D eigenvalue weighted by Gasteiger charge is 2.36. The molecule has 1 aliphatic carbocycles. The number of fused-ring (bicyclic) bond motifs is 1. The van der Waals surface area contributed by atoms with Crippen molar-refractivity contribution < 1.29 is 9.50 Å². The smallest absolute Gasteiger partial charge is 0.198 e. The van der Waals surface area contributed by atoms with Crippen LogP contribution in [0.15, 0.2) is 24.3 Å². The van der Waals surface area contributed by atoms with E-state index >= 15 is 0 Å². The van der Waals surface area contributed by atoms with Crippen LogP contribution in [-0.2, 0) is 0 Å². The largest absolute Gasteiger partial charge is 0.390 e. The number of aromatic nitrogens is 4. The van der Waals surface area contributed by atoms with Gasteiger partial charge < -0.3 is 10.8 Å². The number of anilines is 1. The van der Waals surface area contributed by atoms with E-state index in [9.17, 15) is 9.50 Å². The third-order valence-electron chi connectivity index (χ3n) is 4.93. The molecule has 1 fully saturated rings. The molecule has 0 bridgehead atoms. The third-order valence-corrected chi connectivity index (χ3v) is 4.93. The van der Waals surface area contributed by atoms with Crippen LogP contribution in [0.2, 0.25) is 0 Å². The van der Waals surface area contributed by atoms with Gasteiger partial charge in [-0.25, -0.2) is 18.9 Å². The number of aliphatic hydroxyl groups is 1. The van der Waals surface area contributed by atoms with Gasteiger partial charge in [-0.1, -0.05) is 12.1 Å². The molecule has 130 valence electrons. The molecule has 0 aliphatic heterocycles. The first-order chi connectivity index (χ1) is 11.8. The van der Waals surface area contributed by atoms with E-state index in [2.05, 4.69) is 15.1 Å². The molecule has 0 spiro atoms. The van der Waals surface area contributed by atoms with E-state index in [1.54, 1.807) is 16.6 Å². The highest BCUT2D eigenvalue weighted by atomic mass is 19.1. The zero-order valence-corrected chi connectivity index (χ0v) is 14.2. The maximum Gasteiger partial charge on any atom is 0.198 e. The van der Waals surface area contributed by atoms with Crippen molar-refractivity contribution in [2.24, 2.45) is 0 Å². The average molecular weight is 341 g/mol. The molecule has 7 heteroatoms. The topological polar surface area (TPSA) is 89.3 Å². The summed E-state index contributed by atoms with van der Waals surface area (Å²) in [5.41, 5.74) is 7.89. The summed E-state index contributed by atoms with van der Waals surface area (Å²) >= 11 is 0. The number of nitrogens with two attached hydrogens (primary N) is 1. The van der Waals surface area contributed by atoms with E-state index < -0.39 is 5.60 Å². The van der Waals surface area contributed by atoms with E-state index in [1.165, 1.54) is 12.1 Å². The van der Waals surface area contributed by atoms with Gasteiger partial charge in [0.05, 0.1) is 17.0 Å². The van der Waals surface area contributed by atoms with Gasteiger partial charge >= 0.3 is 0 Å². The number of rotatable bonds is 2. The summed E-state index contributed by atoms with van der Waals surface area (Å²) < 4.78 is 15.2. The van der Waals surface area contributed by atoms with Gasteiger partial charge in [0.2, 0.25) is 0 Å². The van der Waals surface area contributed by atoms with Gasteiger partial charge in [-0.05, 0) is 45.2 Å². The molecule has 1 aliphatic rings. The lowest BCUT2D eigenvalue weighted by Crippen LogP contribution is -2.18. The normalized spacial score (nSPS) is 23.4. The number of nitrogens with zero attached hydrogens (tertiary/aromatic N) is 4. The fraction of sp³-hybridized carbons (Fsp3) is 0.389. The van der Waals surface area contributed by atoms with Gasteiger partial charge in [0.25, 0.3) is 0 Å². The Hall–Kier alpha value is -2.54. The van der Waals surface area contributed by atoms with Gasteiger partial charge in [-0.3, -0.25) is 0 Å². The third kappa shape index (κ3) is 2.74. The molecule has 0 saturated heterocycles. The van der Waals surface area contributed by atoms with Gasteiger partial charge in [0.15, 0.2) is 17.3 Å². The van der Waals surface area contributed by atoms with E-state index in [1.807, 2.05) is 13.8 Å². The summed E-state index contributed by atoms with van der Waals surface area (Å²) in [5, 5.41) is 14.8. The van der Waals surface area contributed by atoms with Crippen LogP contribution in [0.4, 0.5) is 10.2 Å². The predicted octanol–water partition coefficient (Wildman–Crippen LogP) is 2.84. The lowest BCUT2D eigenvalue weighted by molar-refractivity contribution is 0.0662. The Bertz CT molecular complexity index is 965. The minimum absolute atomic E-state index is 0.103. The molecule has 2 aromatic heterocycles. The summed E-state index contributed by atoms with van der Waals surface area (Å²) in [4.78, 5) is 8.97. The fourth-order valence-corrected chi connectivity index (χ4v) is 3.60. The van der Waals surface area contributed by atoms with Crippen LogP contribution in [0.5, 0.6) is 0 Å². The Labute approximate surface area is 144 Å². The Morgan fingerprint density at radius 1 is 1.36 bits per heavy atom. The number of benzene rings is 1. The molecule has 6 nitrogen and oxygen atoms in total. The minimum atomic E-state index is -0.673. The maximum absolute atomic E-state index is 13.6. The number of hydrogen-bond donors (Lipinski definition) is 2. The minimum Gasteiger partial charge on any atom is -0.390 e. The average Bonchev–Trinajstić information content (AvgIpc) is 3.15. The molecule has 3 N–H and O–H groups in total. The van der Waals surface area contributed by atoms with E-state index in [0.717, 1.165) is 18.5 Å². The number of hydrogen-bond acceptors (Lipinski definition) is 5. The highest BCUT2D eigenvalue weighted by Crippen LogP contribution is 2.39. The van der Waals surface area contributed by atoms with Crippen LogP contribution in [0.1, 0.15) is 43.6 Å². The first-order valence-corrected chi connectivity index (χ1v) is 8.35. The van der Waals surface area contributed by atoms with E-state index in [0.29, 0.717) is 29.1 Å². The second-order valence-corrected chi connectivity index (χ2v) is 7.08. The molecule has 0 unspecified atom stereocenters. The lowest BCUT2D eigenvalue weighted by atomic mass is 10.0. The van der Waals surface area contributed by atoms with Crippen LogP contribution in [0.25, 0.3) is 16.9 Å². The number of nitrogen functional groups attached to an aromatic ring is 1. The zero-order chi connectivity index (χ0) is 17.8. The molecule has 0 amide bonds. The van der Waals surface area contributed by atoms with Gasteiger partial charge in [-0.15, -0.1) is 0 Å². The van der Waals surface area contributed by atoms with Gasteiger partial charge in [0, 0.05) is 11.5 Å². The highest BCUT2D eigenvalue weighted by molar-refractivity contribution is 5.69. The van der Waals surface area contributed by atoms with Crippen molar-refractivity contribution in [2.75, 3.05) is 5.73 Å². The zero-order valence-electron chi connectivity index (χ0n) is 14.2. The van der Waals surface area contributed by atoms with Crippen molar-refractivity contribution in [1.82, 2.24) is 19.6 Å². The van der Waals surface area contributed by atoms with Crippen molar-refractivity contribution in [3.8, 4) is 11.3 Å². The quantitative estimate of drug-likeness (QED) is 0.748. The molecule has 1 saturated carbocycles. The van der Waals surface area contributed by atoms with Crippen molar-refractivity contribution in [2.45, 2.75) is 44.6 Å². The first kappa shape index (κ1) is 16.0. The van der Waals surface area contributed by atoms with E-state index in [-0.39, 0.29) is 17.6 Å². The summed E-state index contributed by atoms with van der Waals surface area (Å²) in [6.45, 7) is 3.70. The lowest BCUT2D eigenvalue weighted by Gasteiger charge is -2.14. The van der Waals surface area contributed by atoms with Crippen molar-refractivity contribution in [1.29, 1.82) is 0 Å². The first-order valence-electron chi connectivity index (χ1n) is 8.35. The van der Waals surface area contributed by atoms with Gasteiger partial charge in [0.1, 0.15) is 5.82 Å². The van der Waals surface area contributed by atoms with Crippen LogP contribution < -0.4 is 5.73 Å². The summed E-state index contributed by atoms with van der Waals surface area (Å²) in [6, 6.07) is 6.24. The van der Waals surface area contributed by atoms with Crippen molar-refractivity contribution >= 4 is 11.5 Å². The molecular formula is C18H20FN5O. The van der Waals surface area contributed by atoms with Gasteiger partial charge in [-0.2, -0.15) is 5.10 Å². The summed E-state index contributed by atoms with van der Waals surface area (Å²) in [5.74, 6) is 0.704. The standard InChI is InChI=1S/C18H20FN5O/c1-10-14(11-4-3-5-13(19)8-11)21-15(20)17-22-16(23-24(10)17)12-6-7-18(2,25)9-12/h3-5,8,12,25H,6-7,9H2,1-2H3,(H2,20,21)/t12-,18-/m0/s1. The van der Waals surface area contributed by atoms with Crippen LogP contribution >= 0.6 is 0 Å². The predicted molar refractivity (Wildman–Crippen MR) is 92.5 cm³/mol. The molecule has 4 rings (SSSR count). The monoisotopic (exact) mass is 341 g/mol. The molecule has 0 radical (unpaired) electrons. The van der Waals surface area contributed by atoms with E-state index in [4.69, 9.17) is 5.73 Å². The number of halogens is 1. The Kier molecular flexibility index (Phi) is 3.50. The van der Waals surface area contributed by atoms with Crippen LogP contribution in [-0.4, -0.2) is 30.3 Å². The summed E-state index contributed by atoms with van der Waals surface area (Å²) in [6.07, 6.45) is 2.20. The van der Waals surface area contributed by atoms with Crippen molar-refractivity contribution in [3.63, 3.8) is 0 Å². The molecule has 1 aromatic carbocycles. The molecule has 2 heterocycles. The molecule has 3 aromatic rings. The molecule has 2 atom stereocenters. The SMILES string of the molecule is Cc1c(-c2cccc(F)c2)nc(N)c2nc([C@H]3CC[C@](C)(O)C3)nn12. The Balaban J connectivity index is 1.83. The van der Waals surface area contributed by atoms with Crippen LogP contribution in [0, 0.1) is 12.7 Å². The maximum atomic E-state index is 13.6. The Morgan fingerprint density at radius 2 is 2.16 bits per heavy atom.